The maximum atomic E-state index is 11.7. The van der Waals surface area contributed by atoms with Crippen molar-refractivity contribution < 1.29 is 24.5 Å². The van der Waals surface area contributed by atoms with Gasteiger partial charge >= 0.3 is 11.9 Å². The summed E-state index contributed by atoms with van der Waals surface area (Å²) in [6.45, 7) is 2.14. The number of aromatic nitrogens is 2. The number of benzene rings is 3. The molecule has 0 amide bonds. The Morgan fingerprint density at radius 3 is 2.24 bits per heavy atom. The Morgan fingerprint density at radius 1 is 0.895 bits per heavy atom. The topological polar surface area (TPSA) is 110 Å². The van der Waals surface area contributed by atoms with Gasteiger partial charge in [0.05, 0.1) is 16.8 Å². The van der Waals surface area contributed by atoms with Crippen LogP contribution in [0.3, 0.4) is 0 Å². The third-order valence-corrected chi connectivity index (χ3v) is 6.58. The van der Waals surface area contributed by atoms with Crippen LogP contribution in [0.5, 0.6) is 0 Å². The van der Waals surface area contributed by atoms with Crippen LogP contribution >= 0.6 is 0 Å². The number of aryl methyl sites for hydroxylation is 1. The monoisotopic (exact) mass is 510 g/mol. The third kappa shape index (κ3) is 5.95. The normalized spacial score (nSPS) is 11.7. The second kappa shape index (κ2) is 12.3. The minimum Gasteiger partial charge on any atom is -0.478 e. The quantitative estimate of drug-likeness (QED) is 0.247. The lowest BCUT2D eigenvalue weighted by atomic mass is 9.93. The fraction of sp³-hybridized carbons (Fsp3) is 0.226. The first-order chi connectivity index (χ1) is 18.4. The van der Waals surface area contributed by atoms with Gasteiger partial charge in [0.2, 0.25) is 0 Å². The first-order valence-corrected chi connectivity index (χ1v) is 12.5. The molecule has 7 heteroatoms. The van der Waals surface area contributed by atoms with E-state index in [1.807, 2.05) is 36.4 Å². The van der Waals surface area contributed by atoms with Crippen molar-refractivity contribution >= 4 is 11.9 Å². The van der Waals surface area contributed by atoms with Crippen LogP contribution in [-0.4, -0.2) is 39.2 Å². The second-order valence-electron chi connectivity index (χ2n) is 9.06. The van der Waals surface area contributed by atoms with Crippen LogP contribution < -0.4 is 0 Å². The fourth-order valence-corrected chi connectivity index (χ4v) is 4.58. The van der Waals surface area contributed by atoms with E-state index < -0.39 is 18.0 Å². The molecule has 1 atom stereocenters. The van der Waals surface area contributed by atoms with Crippen molar-refractivity contribution in [1.29, 1.82) is 0 Å². The molecule has 1 heterocycles. The molecule has 0 fully saturated rings. The summed E-state index contributed by atoms with van der Waals surface area (Å²) in [7, 11) is 1.61. The molecule has 0 spiro atoms. The van der Waals surface area contributed by atoms with E-state index in [1.54, 1.807) is 49.8 Å². The molecule has 194 valence electrons. The molecule has 38 heavy (non-hydrogen) atoms. The van der Waals surface area contributed by atoms with Gasteiger partial charge in [-0.25, -0.2) is 19.6 Å². The zero-order chi connectivity index (χ0) is 27.1. The summed E-state index contributed by atoms with van der Waals surface area (Å²) in [4.78, 5) is 32.2. The van der Waals surface area contributed by atoms with Crippen LogP contribution in [0.15, 0.2) is 79.1 Å². The number of hydrogen-bond donors (Lipinski definition) is 2. The molecule has 0 saturated heterocycles. The molecule has 0 aliphatic rings. The number of hydrogen-bond acceptors (Lipinski definition) is 5. The summed E-state index contributed by atoms with van der Waals surface area (Å²) < 4.78 is 5.88. The Hall–Kier alpha value is -4.36. The van der Waals surface area contributed by atoms with E-state index in [4.69, 9.17) is 4.74 Å². The highest BCUT2D eigenvalue weighted by Gasteiger charge is 2.22. The average molecular weight is 511 g/mol. The van der Waals surface area contributed by atoms with Crippen molar-refractivity contribution in [2.75, 3.05) is 7.11 Å². The van der Waals surface area contributed by atoms with Gasteiger partial charge in [0.15, 0.2) is 0 Å². The van der Waals surface area contributed by atoms with Crippen molar-refractivity contribution in [3.8, 4) is 11.1 Å². The van der Waals surface area contributed by atoms with Crippen LogP contribution in [0, 0.1) is 0 Å². The number of carbonyl (C=O) groups is 2. The summed E-state index contributed by atoms with van der Waals surface area (Å²) in [5, 5.41) is 18.8. The van der Waals surface area contributed by atoms with E-state index in [0.717, 1.165) is 52.9 Å². The van der Waals surface area contributed by atoms with E-state index >= 15 is 0 Å². The van der Waals surface area contributed by atoms with E-state index in [9.17, 15) is 19.8 Å². The lowest BCUT2D eigenvalue weighted by molar-refractivity contribution is 0.0686. The van der Waals surface area contributed by atoms with Gasteiger partial charge in [-0.05, 0) is 53.3 Å². The molecule has 0 saturated carbocycles. The Balaban J connectivity index is 1.71. The third-order valence-electron chi connectivity index (χ3n) is 6.58. The maximum Gasteiger partial charge on any atom is 0.336 e. The standard InChI is InChI=1S/C31H30N2O5/c1-3-4-9-27-26(18-20-10-12-21(13-11-20)24-7-5-6-8-25(24)31(36)37)28(33-19-32-27)29(38-2)22-14-16-23(17-15-22)30(34)35/h5-8,10-17,19,29H,3-4,9,18H2,1-2H3,(H,34,35)(H,36,37). The maximum absolute atomic E-state index is 11.7. The number of nitrogens with zero attached hydrogens (tertiary/aromatic N) is 2. The fourth-order valence-electron chi connectivity index (χ4n) is 4.58. The molecule has 0 aliphatic carbocycles. The highest BCUT2D eigenvalue weighted by Crippen LogP contribution is 2.31. The SMILES string of the molecule is CCCCc1ncnc(C(OC)c2ccc(C(=O)O)cc2)c1Cc1ccc(-c2ccccc2C(=O)O)cc1. The van der Waals surface area contributed by atoms with Crippen LogP contribution in [0.4, 0.5) is 0 Å². The molecule has 0 bridgehead atoms. The minimum atomic E-state index is -0.982. The van der Waals surface area contributed by atoms with Crippen LogP contribution in [0.1, 0.15) is 74.7 Å². The lowest BCUT2D eigenvalue weighted by Gasteiger charge is -2.21. The number of unbranched alkanes of at least 4 members (excludes halogenated alkanes) is 1. The Morgan fingerprint density at radius 2 is 1.61 bits per heavy atom. The number of aromatic carboxylic acids is 2. The van der Waals surface area contributed by atoms with Gasteiger partial charge in [0.1, 0.15) is 12.4 Å². The van der Waals surface area contributed by atoms with E-state index in [-0.39, 0.29) is 11.1 Å². The van der Waals surface area contributed by atoms with Gasteiger partial charge < -0.3 is 14.9 Å². The first kappa shape index (κ1) is 26.7. The number of rotatable bonds is 11. The summed E-state index contributed by atoms with van der Waals surface area (Å²) >= 11 is 0. The van der Waals surface area contributed by atoms with E-state index in [2.05, 4.69) is 16.9 Å². The van der Waals surface area contributed by atoms with Gasteiger partial charge in [-0.15, -0.1) is 0 Å². The minimum absolute atomic E-state index is 0.208. The van der Waals surface area contributed by atoms with Gasteiger partial charge in [-0.1, -0.05) is 67.9 Å². The van der Waals surface area contributed by atoms with Crippen molar-refractivity contribution in [2.24, 2.45) is 0 Å². The zero-order valence-corrected chi connectivity index (χ0v) is 21.4. The largest absolute Gasteiger partial charge is 0.478 e. The van der Waals surface area contributed by atoms with Crippen LogP contribution in [-0.2, 0) is 17.6 Å². The van der Waals surface area contributed by atoms with Gasteiger partial charge in [0.25, 0.3) is 0 Å². The van der Waals surface area contributed by atoms with Crippen LogP contribution in [0.25, 0.3) is 11.1 Å². The predicted octanol–water partition coefficient (Wildman–Crippen LogP) is 6.21. The summed E-state index contributed by atoms with van der Waals surface area (Å²) in [5.41, 5.74) is 6.49. The number of carboxylic acid groups (broad SMARTS) is 2. The molecule has 4 aromatic rings. The average Bonchev–Trinajstić information content (AvgIpc) is 2.94. The van der Waals surface area contributed by atoms with Gasteiger partial charge in [0, 0.05) is 24.8 Å². The van der Waals surface area contributed by atoms with Crippen molar-refractivity contribution in [1.82, 2.24) is 9.97 Å². The molecule has 1 unspecified atom stereocenters. The molecule has 2 N–H and O–H groups in total. The Labute approximate surface area is 221 Å². The molecular weight excluding hydrogens is 480 g/mol. The van der Waals surface area contributed by atoms with Gasteiger partial charge in [-0.3, -0.25) is 0 Å². The highest BCUT2D eigenvalue weighted by atomic mass is 16.5. The summed E-state index contributed by atoms with van der Waals surface area (Å²) in [6.07, 6.45) is 4.47. The molecule has 1 aromatic heterocycles. The number of methoxy groups -OCH3 is 1. The smallest absolute Gasteiger partial charge is 0.336 e. The van der Waals surface area contributed by atoms with Crippen molar-refractivity contribution in [3.63, 3.8) is 0 Å². The Bertz CT molecular complexity index is 1420. The Kier molecular flexibility index (Phi) is 8.61. The van der Waals surface area contributed by atoms with Gasteiger partial charge in [-0.2, -0.15) is 0 Å². The molecule has 0 radical (unpaired) electrons. The van der Waals surface area contributed by atoms with Crippen molar-refractivity contribution in [3.05, 3.63) is 118 Å². The highest BCUT2D eigenvalue weighted by molar-refractivity contribution is 5.96. The molecule has 4 rings (SSSR count). The van der Waals surface area contributed by atoms with E-state index in [0.29, 0.717) is 12.0 Å². The molecule has 3 aromatic carbocycles. The molecular formula is C31H30N2O5. The van der Waals surface area contributed by atoms with Crippen molar-refractivity contribution in [2.45, 2.75) is 38.7 Å². The summed E-state index contributed by atoms with van der Waals surface area (Å²) in [5.74, 6) is -1.94. The lowest BCUT2D eigenvalue weighted by Crippen LogP contribution is -2.14. The molecule has 0 aliphatic heterocycles. The second-order valence-corrected chi connectivity index (χ2v) is 9.06. The first-order valence-electron chi connectivity index (χ1n) is 12.5. The number of ether oxygens (including phenoxy) is 1. The predicted molar refractivity (Wildman–Crippen MR) is 145 cm³/mol. The number of carboxylic acids is 2. The van der Waals surface area contributed by atoms with E-state index in [1.165, 1.54) is 0 Å². The zero-order valence-electron chi connectivity index (χ0n) is 21.4. The summed E-state index contributed by atoms with van der Waals surface area (Å²) in [6, 6.07) is 21.5. The van der Waals surface area contributed by atoms with Crippen LogP contribution in [0.2, 0.25) is 0 Å². The molecule has 7 nitrogen and oxygen atoms in total.